The number of aromatic nitrogens is 2. The number of nitrogens with zero attached hydrogens (tertiary/aromatic N) is 2. The van der Waals surface area contributed by atoms with E-state index in [1.807, 2.05) is 19.1 Å². The number of hydrogen-bond donors (Lipinski definition) is 1. The summed E-state index contributed by atoms with van der Waals surface area (Å²) in [5.74, 6) is 0. The Labute approximate surface area is 140 Å². The summed E-state index contributed by atoms with van der Waals surface area (Å²) in [5, 5.41) is 4.22. The summed E-state index contributed by atoms with van der Waals surface area (Å²) in [5.41, 5.74) is 2.27. The summed E-state index contributed by atoms with van der Waals surface area (Å²) in [6, 6.07) is 12.3. The average Bonchev–Trinajstić information content (AvgIpc) is 3.07. The van der Waals surface area contributed by atoms with Gasteiger partial charge in [0.2, 0.25) is 0 Å². The third kappa shape index (κ3) is 3.08. The molecule has 114 valence electrons. The van der Waals surface area contributed by atoms with Crippen molar-refractivity contribution in [3.8, 4) is 5.69 Å². The molecule has 1 aromatic carbocycles. The van der Waals surface area contributed by atoms with Gasteiger partial charge in [0, 0.05) is 11.9 Å². The highest BCUT2D eigenvalue weighted by Crippen LogP contribution is 2.28. The van der Waals surface area contributed by atoms with Crippen molar-refractivity contribution < 1.29 is 8.42 Å². The fourth-order valence-electron chi connectivity index (χ4n) is 1.99. The SMILES string of the molecule is Cc1ccnn1-c1cccc(NS(=O)(=O)c2ccc(Br)s2)c1. The highest BCUT2D eigenvalue weighted by Gasteiger charge is 2.17. The zero-order chi connectivity index (χ0) is 15.7. The maximum Gasteiger partial charge on any atom is 0.271 e. The van der Waals surface area contributed by atoms with E-state index < -0.39 is 10.0 Å². The van der Waals surface area contributed by atoms with Gasteiger partial charge < -0.3 is 0 Å². The number of hydrogen-bond acceptors (Lipinski definition) is 4. The van der Waals surface area contributed by atoms with Crippen LogP contribution in [0.1, 0.15) is 5.69 Å². The van der Waals surface area contributed by atoms with Crippen LogP contribution < -0.4 is 4.72 Å². The maximum atomic E-state index is 12.3. The molecule has 0 bridgehead atoms. The third-order valence-corrected chi connectivity index (χ3v) is 6.49. The summed E-state index contributed by atoms with van der Waals surface area (Å²) >= 11 is 4.44. The summed E-state index contributed by atoms with van der Waals surface area (Å²) in [6.07, 6.45) is 1.70. The lowest BCUT2D eigenvalue weighted by Crippen LogP contribution is -2.11. The number of anilines is 1. The van der Waals surface area contributed by atoms with Gasteiger partial charge in [0.1, 0.15) is 4.21 Å². The molecule has 0 spiro atoms. The second kappa shape index (κ2) is 5.86. The van der Waals surface area contributed by atoms with E-state index in [9.17, 15) is 8.42 Å². The van der Waals surface area contributed by atoms with E-state index in [2.05, 4.69) is 25.8 Å². The summed E-state index contributed by atoms with van der Waals surface area (Å²) < 4.78 is 30.0. The Morgan fingerprint density at radius 2 is 2.05 bits per heavy atom. The molecular formula is C14H12BrN3O2S2. The molecule has 1 N–H and O–H groups in total. The zero-order valence-corrected chi connectivity index (χ0v) is 14.7. The van der Waals surface area contributed by atoms with Gasteiger partial charge in [-0.05, 0) is 59.3 Å². The first kappa shape index (κ1) is 15.3. The lowest BCUT2D eigenvalue weighted by atomic mass is 10.3. The van der Waals surface area contributed by atoms with E-state index in [1.165, 1.54) is 11.3 Å². The second-order valence-corrected chi connectivity index (χ2v) is 8.97. The van der Waals surface area contributed by atoms with Crippen LogP contribution in [0.15, 0.2) is 56.7 Å². The fraction of sp³-hybridized carbons (Fsp3) is 0.0714. The van der Waals surface area contributed by atoms with Gasteiger partial charge in [-0.3, -0.25) is 4.72 Å². The van der Waals surface area contributed by atoms with Crippen molar-refractivity contribution in [2.45, 2.75) is 11.1 Å². The van der Waals surface area contributed by atoms with Crippen LogP contribution in [0.2, 0.25) is 0 Å². The molecule has 0 radical (unpaired) electrons. The minimum atomic E-state index is -3.58. The van der Waals surface area contributed by atoms with Crippen molar-refractivity contribution in [2.75, 3.05) is 4.72 Å². The lowest BCUT2D eigenvalue weighted by molar-refractivity contribution is 0.603. The molecule has 0 aliphatic rings. The largest absolute Gasteiger partial charge is 0.279 e. The summed E-state index contributed by atoms with van der Waals surface area (Å²) in [6.45, 7) is 1.94. The monoisotopic (exact) mass is 397 g/mol. The standard InChI is InChI=1S/C14H12BrN3O2S2/c1-10-7-8-16-18(10)12-4-2-3-11(9-12)17-22(19,20)14-6-5-13(15)21-14/h2-9,17H,1H3. The van der Waals surface area contributed by atoms with Crippen LogP contribution in [0.25, 0.3) is 5.69 Å². The average molecular weight is 398 g/mol. The van der Waals surface area contributed by atoms with Crippen LogP contribution in [-0.4, -0.2) is 18.2 Å². The molecule has 0 aliphatic carbocycles. The van der Waals surface area contributed by atoms with Crippen LogP contribution >= 0.6 is 27.3 Å². The highest BCUT2D eigenvalue weighted by molar-refractivity contribution is 9.11. The van der Waals surface area contributed by atoms with E-state index in [0.29, 0.717) is 5.69 Å². The molecule has 8 heteroatoms. The van der Waals surface area contributed by atoms with Crippen LogP contribution in [0.4, 0.5) is 5.69 Å². The van der Waals surface area contributed by atoms with Crippen LogP contribution in [0, 0.1) is 6.92 Å². The van der Waals surface area contributed by atoms with E-state index in [-0.39, 0.29) is 4.21 Å². The zero-order valence-electron chi connectivity index (χ0n) is 11.5. The maximum absolute atomic E-state index is 12.3. The number of sulfonamides is 1. The molecule has 2 heterocycles. The lowest BCUT2D eigenvalue weighted by Gasteiger charge is -2.09. The number of nitrogens with one attached hydrogen (secondary N) is 1. The Morgan fingerprint density at radius 3 is 2.68 bits per heavy atom. The quantitative estimate of drug-likeness (QED) is 0.727. The number of halogens is 1. The molecule has 0 unspecified atom stereocenters. The van der Waals surface area contributed by atoms with Crippen molar-refractivity contribution >= 4 is 43.0 Å². The molecule has 5 nitrogen and oxygen atoms in total. The molecule has 0 amide bonds. The molecule has 2 aromatic heterocycles. The van der Waals surface area contributed by atoms with E-state index in [0.717, 1.165) is 15.2 Å². The Morgan fingerprint density at radius 1 is 1.23 bits per heavy atom. The molecule has 22 heavy (non-hydrogen) atoms. The molecule has 0 fully saturated rings. The van der Waals surface area contributed by atoms with E-state index in [4.69, 9.17) is 0 Å². The van der Waals surface area contributed by atoms with Crippen LogP contribution in [-0.2, 0) is 10.0 Å². The Balaban J connectivity index is 1.92. The Kier molecular flexibility index (Phi) is 4.07. The number of thiophene rings is 1. The fourth-order valence-corrected chi connectivity index (χ4v) is 5.05. The van der Waals surface area contributed by atoms with Gasteiger partial charge in [0.25, 0.3) is 10.0 Å². The van der Waals surface area contributed by atoms with E-state index in [1.54, 1.807) is 41.2 Å². The van der Waals surface area contributed by atoms with Crippen molar-refractivity contribution in [3.63, 3.8) is 0 Å². The van der Waals surface area contributed by atoms with Gasteiger partial charge in [0.05, 0.1) is 15.2 Å². The van der Waals surface area contributed by atoms with Gasteiger partial charge in [0.15, 0.2) is 0 Å². The summed E-state index contributed by atoms with van der Waals surface area (Å²) in [4.78, 5) is 0. The Bertz CT molecular complexity index is 916. The topological polar surface area (TPSA) is 64.0 Å². The van der Waals surface area contributed by atoms with Crippen molar-refractivity contribution in [1.29, 1.82) is 0 Å². The van der Waals surface area contributed by atoms with Crippen LogP contribution in [0.3, 0.4) is 0 Å². The van der Waals surface area contributed by atoms with Crippen molar-refractivity contribution in [3.05, 3.63) is 58.1 Å². The molecule has 0 aliphatic heterocycles. The van der Waals surface area contributed by atoms with Crippen molar-refractivity contribution in [2.24, 2.45) is 0 Å². The predicted molar refractivity (Wildman–Crippen MR) is 91.1 cm³/mol. The predicted octanol–water partition coefficient (Wildman–Crippen LogP) is 3.81. The van der Waals surface area contributed by atoms with E-state index >= 15 is 0 Å². The van der Waals surface area contributed by atoms with Gasteiger partial charge in [-0.1, -0.05) is 6.07 Å². The molecule has 0 saturated heterocycles. The first-order valence-electron chi connectivity index (χ1n) is 6.35. The number of rotatable bonds is 4. The second-order valence-electron chi connectivity index (χ2n) is 4.60. The van der Waals surface area contributed by atoms with Crippen LogP contribution in [0.5, 0.6) is 0 Å². The molecule has 0 saturated carbocycles. The number of aryl methyl sites for hydroxylation is 1. The summed E-state index contributed by atoms with van der Waals surface area (Å²) in [7, 11) is -3.58. The minimum absolute atomic E-state index is 0.264. The molecule has 3 rings (SSSR count). The van der Waals surface area contributed by atoms with Crippen molar-refractivity contribution in [1.82, 2.24) is 9.78 Å². The first-order valence-corrected chi connectivity index (χ1v) is 9.44. The van der Waals surface area contributed by atoms with Gasteiger partial charge in [-0.15, -0.1) is 11.3 Å². The minimum Gasteiger partial charge on any atom is -0.279 e. The smallest absolute Gasteiger partial charge is 0.271 e. The number of benzene rings is 1. The molecule has 3 aromatic rings. The highest BCUT2D eigenvalue weighted by atomic mass is 79.9. The normalized spacial score (nSPS) is 11.5. The van der Waals surface area contributed by atoms with Gasteiger partial charge in [-0.2, -0.15) is 5.10 Å². The van der Waals surface area contributed by atoms with Gasteiger partial charge in [-0.25, -0.2) is 13.1 Å². The molecular weight excluding hydrogens is 386 g/mol. The third-order valence-electron chi connectivity index (χ3n) is 2.99. The Hall–Kier alpha value is -1.64. The molecule has 0 atom stereocenters. The first-order chi connectivity index (χ1) is 10.5. The van der Waals surface area contributed by atoms with Gasteiger partial charge >= 0.3 is 0 Å².